The van der Waals surface area contributed by atoms with E-state index in [1.54, 1.807) is 25.4 Å². The van der Waals surface area contributed by atoms with Crippen molar-refractivity contribution in [3.63, 3.8) is 0 Å². The lowest BCUT2D eigenvalue weighted by Crippen LogP contribution is -2.52. The van der Waals surface area contributed by atoms with Gasteiger partial charge in [0.2, 0.25) is 0 Å². The van der Waals surface area contributed by atoms with E-state index in [0.717, 1.165) is 38.8 Å². The number of aromatic hydroxyl groups is 1. The number of methoxy groups -OCH3 is 1. The number of rotatable bonds is 6. The van der Waals surface area contributed by atoms with Gasteiger partial charge in [-0.1, -0.05) is 6.92 Å². The number of amides is 1. The summed E-state index contributed by atoms with van der Waals surface area (Å²) in [5.41, 5.74) is -0.288. The van der Waals surface area contributed by atoms with E-state index in [1.807, 2.05) is 0 Å². The summed E-state index contributed by atoms with van der Waals surface area (Å²) in [6.07, 6.45) is 5.73. The lowest BCUT2D eigenvalue weighted by atomic mass is 9.87. The van der Waals surface area contributed by atoms with E-state index < -0.39 is 11.5 Å². The number of ether oxygens (including phenoxy) is 1. The maximum Gasteiger partial charge on any atom is 0.268 e. The molecular formula is C22H30N4O4. The van der Waals surface area contributed by atoms with Crippen molar-refractivity contribution in [2.24, 2.45) is 5.92 Å². The second-order valence-corrected chi connectivity index (χ2v) is 8.60. The lowest BCUT2D eigenvalue weighted by molar-refractivity contribution is -0.0303. The first kappa shape index (κ1) is 20.8. The quantitative estimate of drug-likeness (QED) is 0.748. The van der Waals surface area contributed by atoms with Gasteiger partial charge < -0.3 is 15.2 Å². The highest BCUT2D eigenvalue weighted by Crippen LogP contribution is 2.27. The number of likely N-dealkylation sites (tertiary alicyclic amines) is 1. The van der Waals surface area contributed by atoms with Gasteiger partial charge in [0.1, 0.15) is 17.0 Å². The molecule has 0 aromatic carbocycles. The molecule has 0 atom stereocenters. The summed E-state index contributed by atoms with van der Waals surface area (Å²) < 4.78 is 6.81. The maximum atomic E-state index is 13.2. The third-order valence-corrected chi connectivity index (χ3v) is 6.47. The molecule has 2 aliphatic rings. The van der Waals surface area contributed by atoms with Gasteiger partial charge in [-0.05, 0) is 43.7 Å². The van der Waals surface area contributed by atoms with Crippen LogP contribution in [0.2, 0.25) is 0 Å². The molecular weight excluding hydrogens is 384 g/mol. The van der Waals surface area contributed by atoms with E-state index in [4.69, 9.17) is 4.74 Å². The Morgan fingerprint density at radius 2 is 2.00 bits per heavy atom. The van der Waals surface area contributed by atoms with E-state index in [9.17, 15) is 14.7 Å². The van der Waals surface area contributed by atoms with Crippen LogP contribution in [-0.4, -0.2) is 64.4 Å². The van der Waals surface area contributed by atoms with Gasteiger partial charge in [-0.2, -0.15) is 0 Å². The average Bonchev–Trinajstić information content (AvgIpc) is 2.71. The van der Waals surface area contributed by atoms with Crippen molar-refractivity contribution >= 4 is 16.9 Å². The molecule has 162 valence electrons. The van der Waals surface area contributed by atoms with Crippen LogP contribution in [0.15, 0.2) is 23.1 Å². The Morgan fingerprint density at radius 1 is 1.27 bits per heavy atom. The topological polar surface area (TPSA) is 96.7 Å². The summed E-state index contributed by atoms with van der Waals surface area (Å²) in [4.78, 5) is 32.7. The number of nitrogens with one attached hydrogen (secondary N) is 1. The van der Waals surface area contributed by atoms with Crippen LogP contribution in [0.4, 0.5) is 0 Å². The molecule has 1 saturated carbocycles. The van der Waals surface area contributed by atoms with Gasteiger partial charge in [0, 0.05) is 45.5 Å². The van der Waals surface area contributed by atoms with Gasteiger partial charge in [-0.3, -0.25) is 19.1 Å². The molecule has 4 rings (SSSR count). The van der Waals surface area contributed by atoms with Crippen LogP contribution in [-0.2, 0) is 11.3 Å². The number of aromatic nitrogens is 2. The fourth-order valence-electron chi connectivity index (χ4n) is 4.43. The van der Waals surface area contributed by atoms with E-state index in [1.165, 1.54) is 4.57 Å². The third-order valence-electron chi connectivity index (χ3n) is 6.47. The van der Waals surface area contributed by atoms with Gasteiger partial charge in [-0.25, -0.2) is 4.98 Å². The maximum absolute atomic E-state index is 13.2. The standard InChI is InChI=1S/C22H30N4O4/c1-14-5-7-15(8-6-14)24-21(28)18-19(27)17-4-3-9-23-20(17)26(22(18)29)11-10-25-12-16(13-25)30-2/h3-4,9,14-16,27H,5-8,10-13H2,1-2H3,(H,24,28)/t14-,15+. The van der Waals surface area contributed by atoms with Crippen molar-refractivity contribution in [3.05, 3.63) is 34.2 Å². The predicted molar refractivity (Wildman–Crippen MR) is 114 cm³/mol. The molecule has 30 heavy (non-hydrogen) atoms. The predicted octanol–water partition coefficient (Wildman–Crippen LogP) is 1.74. The molecule has 2 aromatic rings. The molecule has 0 bridgehead atoms. The first-order valence-corrected chi connectivity index (χ1v) is 10.7. The van der Waals surface area contributed by atoms with Crippen LogP contribution in [0.1, 0.15) is 43.0 Å². The summed E-state index contributed by atoms with van der Waals surface area (Å²) in [7, 11) is 1.70. The fourth-order valence-corrected chi connectivity index (χ4v) is 4.43. The number of fused-ring (bicyclic) bond motifs is 1. The van der Waals surface area contributed by atoms with Crippen molar-refractivity contribution in [1.82, 2.24) is 19.8 Å². The molecule has 8 heteroatoms. The number of carbonyl (C=O) groups excluding carboxylic acids is 1. The second-order valence-electron chi connectivity index (χ2n) is 8.60. The van der Waals surface area contributed by atoms with Crippen LogP contribution >= 0.6 is 0 Å². The minimum atomic E-state index is -0.500. The van der Waals surface area contributed by atoms with Crippen LogP contribution in [0, 0.1) is 5.92 Å². The molecule has 1 aliphatic heterocycles. The Balaban J connectivity index is 1.61. The minimum Gasteiger partial charge on any atom is -0.506 e. The van der Waals surface area contributed by atoms with Crippen LogP contribution in [0.25, 0.3) is 11.0 Å². The Hall–Kier alpha value is -2.45. The SMILES string of the molecule is COC1CN(CCn2c(=O)c(C(=O)N[C@H]3CC[C@@H](C)CC3)c(O)c3cccnc32)C1. The Morgan fingerprint density at radius 3 is 2.70 bits per heavy atom. The number of carbonyl (C=O) groups is 1. The van der Waals surface area contributed by atoms with Gasteiger partial charge >= 0.3 is 0 Å². The van der Waals surface area contributed by atoms with E-state index in [2.05, 4.69) is 22.1 Å². The molecule has 1 amide bonds. The largest absolute Gasteiger partial charge is 0.506 e. The summed E-state index contributed by atoms with van der Waals surface area (Å²) in [5, 5.41) is 14.1. The molecule has 8 nitrogen and oxygen atoms in total. The summed E-state index contributed by atoms with van der Waals surface area (Å²) in [6.45, 7) is 4.90. The van der Waals surface area contributed by atoms with Gasteiger partial charge in [0.25, 0.3) is 11.5 Å². The molecule has 2 fully saturated rings. The highest BCUT2D eigenvalue weighted by atomic mass is 16.5. The Labute approximate surface area is 175 Å². The average molecular weight is 415 g/mol. The first-order chi connectivity index (χ1) is 14.5. The lowest BCUT2D eigenvalue weighted by Gasteiger charge is -2.38. The summed E-state index contributed by atoms with van der Waals surface area (Å²) in [5.74, 6) is -0.126. The van der Waals surface area contributed by atoms with Crippen molar-refractivity contribution in [2.45, 2.75) is 51.3 Å². The van der Waals surface area contributed by atoms with Crippen LogP contribution < -0.4 is 10.9 Å². The minimum absolute atomic E-state index is 0.0395. The summed E-state index contributed by atoms with van der Waals surface area (Å²) in [6, 6.07) is 3.43. The molecule has 0 spiro atoms. The van der Waals surface area contributed by atoms with Gasteiger partial charge in [-0.15, -0.1) is 0 Å². The van der Waals surface area contributed by atoms with Gasteiger partial charge in [0.15, 0.2) is 0 Å². The van der Waals surface area contributed by atoms with Crippen molar-refractivity contribution in [3.8, 4) is 5.75 Å². The van der Waals surface area contributed by atoms with Gasteiger partial charge in [0.05, 0.1) is 11.5 Å². The molecule has 1 aliphatic carbocycles. The third kappa shape index (κ3) is 4.06. The zero-order valence-corrected chi connectivity index (χ0v) is 17.6. The molecule has 0 radical (unpaired) electrons. The van der Waals surface area contributed by atoms with E-state index in [-0.39, 0.29) is 23.5 Å². The van der Waals surface area contributed by atoms with E-state index in [0.29, 0.717) is 30.0 Å². The smallest absolute Gasteiger partial charge is 0.268 e. The number of pyridine rings is 2. The summed E-state index contributed by atoms with van der Waals surface area (Å²) >= 11 is 0. The van der Waals surface area contributed by atoms with Crippen LogP contribution in [0.3, 0.4) is 0 Å². The fraction of sp³-hybridized carbons (Fsp3) is 0.591. The monoisotopic (exact) mass is 414 g/mol. The normalized spacial score (nSPS) is 22.7. The highest BCUT2D eigenvalue weighted by Gasteiger charge is 2.28. The number of nitrogens with zero attached hydrogens (tertiary/aromatic N) is 3. The zero-order valence-electron chi connectivity index (χ0n) is 17.6. The molecule has 3 heterocycles. The van der Waals surface area contributed by atoms with Crippen LogP contribution in [0.5, 0.6) is 5.75 Å². The number of hydrogen-bond donors (Lipinski definition) is 2. The van der Waals surface area contributed by atoms with Crippen molar-refractivity contribution in [1.29, 1.82) is 0 Å². The Kier molecular flexibility index (Phi) is 6.06. The molecule has 2 N–H and O–H groups in total. The van der Waals surface area contributed by atoms with E-state index >= 15 is 0 Å². The molecule has 0 unspecified atom stereocenters. The van der Waals surface area contributed by atoms with Crippen molar-refractivity contribution in [2.75, 3.05) is 26.7 Å². The zero-order chi connectivity index (χ0) is 21.3. The second kappa shape index (κ2) is 8.73. The highest BCUT2D eigenvalue weighted by molar-refractivity contribution is 6.01. The Bertz CT molecular complexity index is 975. The first-order valence-electron chi connectivity index (χ1n) is 10.7. The molecule has 2 aromatic heterocycles. The molecule has 1 saturated heterocycles. The van der Waals surface area contributed by atoms with Crippen molar-refractivity contribution < 1.29 is 14.6 Å². The number of hydrogen-bond acceptors (Lipinski definition) is 6.